The maximum atomic E-state index is 12.8. The van der Waals surface area contributed by atoms with Crippen molar-refractivity contribution in [3.63, 3.8) is 0 Å². The number of rotatable bonds is 10. The van der Waals surface area contributed by atoms with Crippen LogP contribution in [0.4, 0.5) is 9.59 Å². The van der Waals surface area contributed by atoms with Crippen LogP contribution < -0.4 is 5.32 Å². The molecular formula is C21H31ClN2O6Si. The summed E-state index contributed by atoms with van der Waals surface area (Å²) in [5.74, 6) is 0.362. The first-order valence-electron chi connectivity index (χ1n) is 10.3. The molecule has 2 rings (SSSR count). The lowest BCUT2D eigenvalue weighted by Gasteiger charge is -2.50. The third-order valence-corrected chi connectivity index (χ3v) is 8.54. The molecule has 1 aliphatic rings. The van der Waals surface area contributed by atoms with Gasteiger partial charge in [0.15, 0.2) is 0 Å². The van der Waals surface area contributed by atoms with Crippen molar-refractivity contribution in [3.05, 3.63) is 35.9 Å². The fourth-order valence-electron chi connectivity index (χ4n) is 2.97. The lowest BCUT2D eigenvalue weighted by molar-refractivity contribution is -0.145. The first kappa shape index (κ1) is 25.0. The minimum atomic E-state index is -1.03. The molecule has 2 amide bonds. The zero-order chi connectivity index (χ0) is 23.0. The third-order valence-electron chi connectivity index (χ3n) is 5.63. The van der Waals surface area contributed by atoms with E-state index in [1.54, 1.807) is 4.57 Å². The highest BCUT2D eigenvalue weighted by molar-refractivity contribution is 6.42. The van der Waals surface area contributed by atoms with Gasteiger partial charge in [-0.15, -0.1) is 11.6 Å². The summed E-state index contributed by atoms with van der Waals surface area (Å²) in [6.07, 6.45) is -1.54. The average molecular weight is 471 g/mol. The molecule has 0 aliphatic carbocycles. The highest BCUT2D eigenvalue weighted by Gasteiger charge is 2.50. The molecule has 1 aromatic rings. The zero-order valence-electron chi connectivity index (χ0n) is 18.4. The van der Waals surface area contributed by atoms with Crippen LogP contribution in [-0.4, -0.2) is 63.6 Å². The van der Waals surface area contributed by atoms with E-state index in [1.165, 1.54) is 0 Å². The van der Waals surface area contributed by atoms with Gasteiger partial charge in [-0.25, -0.2) is 9.59 Å². The molecule has 1 aliphatic heterocycles. The summed E-state index contributed by atoms with van der Waals surface area (Å²) >= 11 is 5.50. The second-order valence-electron chi connectivity index (χ2n) is 8.46. The second-order valence-corrected chi connectivity index (χ2v) is 11.7. The smallest absolute Gasteiger partial charge is 0.445 e. The molecule has 1 fully saturated rings. The topological polar surface area (TPSA) is 94.2 Å². The Balaban J connectivity index is 1.98. The second kappa shape index (κ2) is 11.4. The molecule has 1 heterocycles. The maximum absolute atomic E-state index is 12.8. The summed E-state index contributed by atoms with van der Waals surface area (Å²) < 4.78 is 17.0. The molecule has 1 saturated heterocycles. The van der Waals surface area contributed by atoms with E-state index in [4.69, 9.17) is 25.8 Å². The van der Waals surface area contributed by atoms with E-state index in [-0.39, 0.29) is 36.6 Å². The maximum Gasteiger partial charge on any atom is 0.508 e. The molecule has 1 N–H and O–H groups in total. The number of hydrogen-bond donors (Lipinski definition) is 1. The summed E-state index contributed by atoms with van der Waals surface area (Å²) in [7, 11) is -1.03. The van der Waals surface area contributed by atoms with Gasteiger partial charge in [-0.1, -0.05) is 58.0 Å². The van der Waals surface area contributed by atoms with Gasteiger partial charge in [-0.3, -0.25) is 4.79 Å². The van der Waals surface area contributed by atoms with Crippen LogP contribution in [0.15, 0.2) is 30.3 Å². The SMILES string of the molecule is CC(C)C(C)(C)[SiH2]N1C(=O)C(NC(=O)OCc2ccccc2)C1COC(=O)OCCCl. The summed E-state index contributed by atoms with van der Waals surface area (Å²) in [5.41, 5.74) is 0.840. The summed E-state index contributed by atoms with van der Waals surface area (Å²) in [6, 6.07) is 7.99. The lowest BCUT2D eigenvalue weighted by atomic mass is 9.99. The minimum absolute atomic E-state index is 0.0220. The third kappa shape index (κ3) is 7.14. The molecule has 0 saturated carbocycles. The van der Waals surface area contributed by atoms with Crippen molar-refractivity contribution in [3.8, 4) is 0 Å². The van der Waals surface area contributed by atoms with E-state index < -0.39 is 34.0 Å². The Morgan fingerprint density at radius 1 is 1.19 bits per heavy atom. The van der Waals surface area contributed by atoms with E-state index in [0.29, 0.717) is 5.92 Å². The van der Waals surface area contributed by atoms with Gasteiger partial charge in [-0.05, 0) is 16.5 Å². The summed E-state index contributed by atoms with van der Waals surface area (Å²) in [6.45, 7) is 8.54. The molecule has 10 heteroatoms. The van der Waals surface area contributed by atoms with Crippen molar-refractivity contribution in [1.29, 1.82) is 0 Å². The molecule has 172 valence electrons. The molecule has 0 spiro atoms. The number of hydrogen-bond acceptors (Lipinski definition) is 6. The van der Waals surface area contributed by atoms with Crippen molar-refractivity contribution in [2.45, 2.75) is 51.4 Å². The van der Waals surface area contributed by atoms with E-state index in [0.717, 1.165) is 5.56 Å². The van der Waals surface area contributed by atoms with Gasteiger partial charge < -0.3 is 24.1 Å². The molecule has 0 radical (unpaired) electrons. The van der Waals surface area contributed by atoms with Gasteiger partial charge in [-0.2, -0.15) is 0 Å². The Bertz CT molecular complexity index is 761. The fraction of sp³-hybridized carbons (Fsp3) is 0.571. The number of nitrogens with one attached hydrogen (secondary N) is 1. The molecular weight excluding hydrogens is 440 g/mol. The van der Waals surface area contributed by atoms with Crippen LogP contribution in [0.2, 0.25) is 5.04 Å². The number of carbonyl (C=O) groups is 3. The minimum Gasteiger partial charge on any atom is -0.445 e. The quantitative estimate of drug-likeness (QED) is 0.244. The fourth-order valence-corrected chi connectivity index (χ4v) is 5.20. The predicted octanol–water partition coefficient (Wildman–Crippen LogP) is 2.82. The number of carbonyl (C=O) groups excluding carboxylic acids is 3. The lowest BCUT2D eigenvalue weighted by Crippen LogP contribution is -2.74. The van der Waals surface area contributed by atoms with E-state index in [1.807, 2.05) is 30.3 Å². The van der Waals surface area contributed by atoms with Gasteiger partial charge in [0.2, 0.25) is 5.91 Å². The van der Waals surface area contributed by atoms with Gasteiger partial charge in [0, 0.05) is 0 Å². The standard InChI is InChI=1S/C21H31ClN2O6Si/c1-14(2)21(3,4)31-24-16(13-30-20(27)28-11-10-22)17(18(24)25)23-19(26)29-12-15-8-6-5-7-9-15/h5-9,14,16-17H,10-13,31H2,1-4H3,(H,23,26). The number of β-lactam (4-membered cyclic amide) rings is 1. The van der Waals surface area contributed by atoms with Crippen molar-refractivity contribution < 1.29 is 28.6 Å². The van der Waals surface area contributed by atoms with Crippen molar-refractivity contribution in [1.82, 2.24) is 9.88 Å². The van der Waals surface area contributed by atoms with Gasteiger partial charge in [0.25, 0.3) is 0 Å². The van der Waals surface area contributed by atoms with Gasteiger partial charge in [0.05, 0.1) is 11.9 Å². The molecule has 31 heavy (non-hydrogen) atoms. The van der Waals surface area contributed by atoms with E-state index in [9.17, 15) is 14.4 Å². The summed E-state index contributed by atoms with van der Waals surface area (Å²) in [4.78, 5) is 36.8. The van der Waals surface area contributed by atoms with Crippen molar-refractivity contribution in [2.24, 2.45) is 5.92 Å². The van der Waals surface area contributed by atoms with Gasteiger partial charge >= 0.3 is 12.2 Å². The van der Waals surface area contributed by atoms with Crippen LogP contribution in [0.1, 0.15) is 33.3 Å². The Kier molecular flexibility index (Phi) is 9.18. The number of alkyl halides is 1. The molecule has 2 atom stereocenters. The highest BCUT2D eigenvalue weighted by atomic mass is 35.5. The molecule has 8 nitrogen and oxygen atoms in total. The number of benzene rings is 1. The average Bonchev–Trinajstić information content (AvgIpc) is 2.75. The molecule has 1 aromatic carbocycles. The number of halogens is 1. The van der Waals surface area contributed by atoms with Crippen LogP contribution in [0.3, 0.4) is 0 Å². The summed E-state index contributed by atoms with van der Waals surface area (Å²) in [5, 5.41) is 2.59. The monoisotopic (exact) mass is 470 g/mol. The van der Waals surface area contributed by atoms with Crippen LogP contribution in [0.5, 0.6) is 0 Å². The number of amides is 2. The van der Waals surface area contributed by atoms with Crippen LogP contribution >= 0.6 is 11.6 Å². The Morgan fingerprint density at radius 3 is 2.48 bits per heavy atom. The van der Waals surface area contributed by atoms with E-state index in [2.05, 4.69) is 33.0 Å². The van der Waals surface area contributed by atoms with Crippen molar-refractivity contribution >= 4 is 39.4 Å². The zero-order valence-corrected chi connectivity index (χ0v) is 20.6. The largest absolute Gasteiger partial charge is 0.508 e. The van der Waals surface area contributed by atoms with Crippen LogP contribution in [-0.2, 0) is 25.6 Å². The number of alkyl carbamates (subject to hydrolysis) is 1. The van der Waals surface area contributed by atoms with Gasteiger partial charge in [0.1, 0.15) is 35.5 Å². The molecule has 0 bridgehead atoms. The molecule has 2 unspecified atom stereocenters. The van der Waals surface area contributed by atoms with Crippen LogP contribution in [0, 0.1) is 5.92 Å². The van der Waals surface area contributed by atoms with E-state index >= 15 is 0 Å². The first-order valence-corrected chi connectivity index (χ1v) is 12.2. The van der Waals surface area contributed by atoms with Crippen LogP contribution in [0.25, 0.3) is 0 Å². The number of ether oxygens (including phenoxy) is 3. The Labute approximate surface area is 190 Å². The Hall–Kier alpha value is -2.26. The molecule has 0 aromatic heterocycles. The highest BCUT2D eigenvalue weighted by Crippen LogP contribution is 2.36. The normalized spacial score (nSPS) is 18.8. The Morgan fingerprint density at radius 2 is 1.87 bits per heavy atom. The number of nitrogens with zero attached hydrogens (tertiary/aromatic N) is 1. The predicted molar refractivity (Wildman–Crippen MR) is 120 cm³/mol. The first-order chi connectivity index (χ1) is 14.7. The van der Waals surface area contributed by atoms with Crippen molar-refractivity contribution in [2.75, 3.05) is 19.1 Å².